The maximum Gasteiger partial charge on any atom is 0.222 e. The number of hydrogen-bond donors (Lipinski definition) is 1. The summed E-state index contributed by atoms with van der Waals surface area (Å²) in [5, 5.41) is 13.8. The summed E-state index contributed by atoms with van der Waals surface area (Å²) in [4.78, 5) is 8.51. The molecule has 88 valence electrons. The summed E-state index contributed by atoms with van der Waals surface area (Å²) in [7, 11) is 0. The molecule has 0 saturated carbocycles. The number of aryl methyl sites for hydroxylation is 1. The van der Waals surface area contributed by atoms with Gasteiger partial charge >= 0.3 is 0 Å². The molecule has 6 nitrogen and oxygen atoms in total. The normalized spacial score (nSPS) is 10.5. The van der Waals surface area contributed by atoms with Gasteiger partial charge in [0.25, 0.3) is 0 Å². The Labute approximate surface area is 103 Å². The van der Waals surface area contributed by atoms with E-state index in [9.17, 15) is 0 Å². The van der Waals surface area contributed by atoms with Crippen LogP contribution in [0.1, 0.15) is 5.69 Å². The molecule has 3 aromatic rings. The highest BCUT2D eigenvalue weighted by Gasteiger charge is 2.07. The van der Waals surface area contributed by atoms with Crippen molar-refractivity contribution in [3.63, 3.8) is 0 Å². The molecule has 0 aliphatic heterocycles. The van der Waals surface area contributed by atoms with Gasteiger partial charge in [-0.25, -0.2) is 0 Å². The summed E-state index contributed by atoms with van der Waals surface area (Å²) < 4.78 is 0. The van der Waals surface area contributed by atoms with Gasteiger partial charge < -0.3 is 0 Å². The average molecular weight is 238 g/mol. The van der Waals surface area contributed by atoms with Crippen LogP contribution in [0.4, 0.5) is 0 Å². The molecule has 3 aromatic heterocycles. The first kappa shape index (κ1) is 10.5. The van der Waals surface area contributed by atoms with Crippen molar-refractivity contribution in [3.05, 3.63) is 42.4 Å². The van der Waals surface area contributed by atoms with E-state index >= 15 is 0 Å². The molecule has 0 aliphatic carbocycles. The van der Waals surface area contributed by atoms with Crippen LogP contribution in [-0.4, -0.2) is 30.6 Å². The van der Waals surface area contributed by atoms with Gasteiger partial charge in [-0.1, -0.05) is 6.07 Å². The van der Waals surface area contributed by atoms with Crippen LogP contribution in [0.25, 0.3) is 22.6 Å². The first-order chi connectivity index (χ1) is 8.84. The third-order valence-corrected chi connectivity index (χ3v) is 2.65. The molecule has 0 saturated heterocycles. The van der Waals surface area contributed by atoms with E-state index in [0.29, 0.717) is 11.5 Å². The number of aromatic nitrogens is 6. The highest BCUT2D eigenvalue weighted by Crippen LogP contribution is 2.23. The van der Waals surface area contributed by atoms with Crippen molar-refractivity contribution in [2.24, 2.45) is 0 Å². The van der Waals surface area contributed by atoms with Gasteiger partial charge in [0.1, 0.15) is 5.69 Å². The minimum atomic E-state index is 0.485. The second-order valence-electron chi connectivity index (χ2n) is 3.80. The highest BCUT2D eigenvalue weighted by atomic mass is 15.5. The fourth-order valence-electron chi connectivity index (χ4n) is 1.78. The van der Waals surface area contributed by atoms with E-state index in [1.165, 1.54) is 0 Å². The lowest BCUT2D eigenvalue weighted by atomic mass is 10.1. The first-order valence-corrected chi connectivity index (χ1v) is 5.46. The topological polar surface area (TPSA) is 80.2 Å². The van der Waals surface area contributed by atoms with E-state index in [4.69, 9.17) is 0 Å². The van der Waals surface area contributed by atoms with E-state index in [1.807, 2.05) is 31.2 Å². The van der Waals surface area contributed by atoms with Gasteiger partial charge in [-0.3, -0.25) is 9.97 Å². The number of rotatable bonds is 2. The fourth-order valence-corrected chi connectivity index (χ4v) is 1.78. The SMILES string of the molecule is Cc1ncccc1-c1ccnc(-c2nn[nH]n2)c1. The van der Waals surface area contributed by atoms with Crippen LogP contribution >= 0.6 is 0 Å². The second-order valence-corrected chi connectivity index (χ2v) is 3.80. The predicted molar refractivity (Wildman–Crippen MR) is 65.4 cm³/mol. The van der Waals surface area contributed by atoms with Gasteiger partial charge in [-0.2, -0.15) is 5.21 Å². The summed E-state index contributed by atoms with van der Waals surface area (Å²) in [6, 6.07) is 7.80. The van der Waals surface area contributed by atoms with E-state index < -0.39 is 0 Å². The molecule has 0 atom stereocenters. The number of nitrogens with zero attached hydrogens (tertiary/aromatic N) is 5. The molecule has 6 heteroatoms. The molecule has 3 rings (SSSR count). The number of tetrazole rings is 1. The van der Waals surface area contributed by atoms with Crippen molar-refractivity contribution >= 4 is 0 Å². The largest absolute Gasteiger partial charge is 0.261 e. The van der Waals surface area contributed by atoms with Crippen molar-refractivity contribution < 1.29 is 0 Å². The lowest BCUT2D eigenvalue weighted by molar-refractivity contribution is 0.881. The maximum atomic E-state index is 4.28. The fraction of sp³-hybridized carbons (Fsp3) is 0.0833. The zero-order chi connectivity index (χ0) is 12.4. The Kier molecular flexibility index (Phi) is 2.53. The Morgan fingerprint density at radius 1 is 1.11 bits per heavy atom. The molecule has 0 aromatic carbocycles. The lowest BCUT2D eigenvalue weighted by Crippen LogP contribution is -1.90. The lowest BCUT2D eigenvalue weighted by Gasteiger charge is -2.05. The Morgan fingerprint density at radius 3 is 2.83 bits per heavy atom. The molecule has 0 aliphatic rings. The van der Waals surface area contributed by atoms with Crippen molar-refractivity contribution in [1.29, 1.82) is 0 Å². The number of hydrogen-bond acceptors (Lipinski definition) is 5. The summed E-state index contributed by atoms with van der Waals surface area (Å²) in [6.07, 6.45) is 3.51. The molecule has 0 bridgehead atoms. The summed E-state index contributed by atoms with van der Waals surface area (Å²) >= 11 is 0. The second kappa shape index (κ2) is 4.33. The third-order valence-electron chi connectivity index (χ3n) is 2.65. The summed E-state index contributed by atoms with van der Waals surface area (Å²) in [5.41, 5.74) is 3.77. The standard InChI is InChI=1S/C12H10N6/c1-8-10(3-2-5-13-8)9-4-6-14-11(7-9)12-15-17-18-16-12/h2-7H,1H3,(H,15,16,17,18). The monoisotopic (exact) mass is 238 g/mol. The number of nitrogens with one attached hydrogen (secondary N) is 1. The Morgan fingerprint density at radius 2 is 2.06 bits per heavy atom. The molecule has 0 amide bonds. The summed E-state index contributed by atoms with van der Waals surface area (Å²) in [5.74, 6) is 0.485. The molecular formula is C12H10N6. The zero-order valence-electron chi connectivity index (χ0n) is 9.70. The minimum Gasteiger partial charge on any atom is -0.261 e. The van der Waals surface area contributed by atoms with E-state index in [1.54, 1.807) is 12.4 Å². The van der Waals surface area contributed by atoms with Gasteiger partial charge in [-0.05, 0) is 35.9 Å². The van der Waals surface area contributed by atoms with Crippen LogP contribution in [0.5, 0.6) is 0 Å². The molecule has 1 N–H and O–H groups in total. The van der Waals surface area contributed by atoms with E-state index in [0.717, 1.165) is 16.8 Å². The van der Waals surface area contributed by atoms with E-state index in [-0.39, 0.29) is 0 Å². The van der Waals surface area contributed by atoms with Crippen molar-refractivity contribution in [2.75, 3.05) is 0 Å². The molecular weight excluding hydrogens is 228 g/mol. The highest BCUT2D eigenvalue weighted by molar-refractivity contribution is 5.69. The molecule has 3 heterocycles. The van der Waals surface area contributed by atoms with Crippen molar-refractivity contribution in [2.45, 2.75) is 6.92 Å². The molecule has 18 heavy (non-hydrogen) atoms. The van der Waals surface area contributed by atoms with Crippen LogP contribution in [0.15, 0.2) is 36.7 Å². The Bertz CT molecular complexity index is 662. The van der Waals surface area contributed by atoms with Crippen molar-refractivity contribution in [1.82, 2.24) is 30.6 Å². The third kappa shape index (κ3) is 1.84. The molecule has 0 spiro atoms. The smallest absolute Gasteiger partial charge is 0.222 e. The Hall–Kier alpha value is -2.63. The average Bonchev–Trinajstić information content (AvgIpc) is 2.93. The maximum absolute atomic E-state index is 4.28. The minimum absolute atomic E-state index is 0.485. The van der Waals surface area contributed by atoms with Crippen LogP contribution < -0.4 is 0 Å². The van der Waals surface area contributed by atoms with Crippen LogP contribution in [-0.2, 0) is 0 Å². The number of aromatic amines is 1. The zero-order valence-corrected chi connectivity index (χ0v) is 9.70. The predicted octanol–water partition coefficient (Wildman–Crippen LogP) is 1.63. The quantitative estimate of drug-likeness (QED) is 0.734. The van der Waals surface area contributed by atoms with Gasteiger partial charge in [-0.15, -0.1) is 10.2 Å². The van der Waals surface area contributed by atoms with Gasteiger partial charge in [0, 0.05) is 23.7 Å². The van der Waals surface area contributed by atoms with Crippen LogP contribution in [0, 0.1) is 6.92 Å². The first-order valence-electron chi connectivity index (χ1n) is 5.46. The van der Waals surface area contributed by atoms with Crippen molar-refractivity contribution in [3.8, 4) is 22.6 Å². The Balaban J connectivity index is 2.10. The molecule has 0 unspecified atom stereocenters. The van der Waals surface area contributed by atoms with Gasteiger partial charge in [0.15, 0.2) is 0 Å². The van der Waals surface area contributed by atoms with E-state index in [2.05, 4.69) is 30.6 Å². The van der Waals surface area contributed by atoms with Crippen LogP contribution in [0.2, 0.25) is 0 Å². The van der Waals surface area contributed by atoms with Gasteiger partial charge in [0.2, 0.25) is 5.82 Å². The molecule has 0 fully saturated rings. The molecule has 0 radical (unpaired) electrons. The number of pyridine rings is 2. The van der Waals surface area contributed by atoms with Crippen LogP contribution in [0.3, 0.4) is 0 Å². The van der Waals surface area contributed by atoms with Gasteiger partial charge in [0.05, 0.1) is 0 Å². The number of H-pyrrole nitrogens is 1. The summed E-state index contributed by atoms with van der Waals surface area (Å²) in [6.45, 7) is 1.98.